The van der Waals surface area contributed by atoms with Gasteiger partial charge in [-0.05, 0) is 38.1 Å². The number of nitrogens with zero attached hydrogens (tertiary/aromatic N) is 3. The quantitative estimate of drug-likeness (QED) is 0.889. The zero-order valence-corrected chi connectivity index (χ0v) is 11.9. The first kappa shape index (κ1) is 13.4. The lowest BCUT2D eigenvalue weighted by Gasteiger charge is -2.33. The van der Waals surface area contributed by atoms with Gasteiger partial charge < -0.3 is 15.2 Å². The van der Waals surface area contributed by atoms with Crippen molar-refractivity contribution in [2.75, 3.05) is 24.5 Å². The van der Waals surface area contributed by atoms with Crippen molar-refractivity contribution < 1.29 is 0 Å². The number of nitrogens with two attached hydrogens (primary N) is 1. The summed E-state index contributed by atoms with van der Waals surface area (Å²) in [4.78, 5) is 7.12. The highest BCUT2D eigenvalue weighted by atomic mass is 15.3. The fourth-order valence-electron chi connectivity index (χ4n) is 2.75. The van der Waals surface area contributed by atoms with Crippen LogP contribution in [0.15, 0.2) is 6.20 Å². The summed E-state index contributed by atoms with van der Waals surface area (Å²) in [5.74, 6) is 2.41. The third kappa shape index (κ3) is 3.05. The molecule has 18 heavy (non-hydrogen) atoms. The summed E-state index contributed by atoms with van der Waals surface area (Å²) < 4.78 is 2.30. The van der Waals surface area contributed by atoms with Crippen LogP contribution in [-0.4, -0.2) is 29.2 Å². The number of imidazole rings is 1. The van der Waals surface area contributed by atoms with Gasteiger partial charge in [-0.15, -0.1) is 0 Å². The molecule has 2 N–H and O–H groups in total. The van der Waals surface area contributed by atoms with Crippen LogP contribution in [-0.2, 0) is 6.54 Å². The Kier molecular flexibility index (Phi) is 4.27. The number of anilines is 1. The molecule has 2 heterocycles. The van der Waals surface area contributed by atoms with Gasteiger partial charge in [-0.1, -0.05) is 13.8 Å². The molecule has 0 aromatic carbocycles. The minimum atomic E-state index is 0.628. The van der Waals surface area contributed by atoms with E-state index in [0.717, 1.165) is 37.8 Å². The molecule has 0 aliphatic carbocycles. The SMILES string of the molecule is Cc1cn(CC(C)C)c(N2CCCC(CN)C2)n1. The van der Waals surface area contributed by atoms with Crippen LogP contribution in [0.3, 0.4) is 0 Å². The van der Waals surface area contributed by atoms with E-state index in [-0.39, 0.29) is 0 Å². The van der Waals surface area contributed by atoms with Gasteiger partial charge in [0.1, 0.15) is 0 Å². The van der Waals surface area contributed by atoms with E-state index in [1.165, 1.54) is 12.8 Å². The number of aromatic nitrogens is 2. The lowest BCUT2D eigenvalue weighted by Crippen LogP contribution is -2.39. The fourth-order valence-corrected chi connectivity index (χ4v) is 2.75. The minimum absolute atomic E-state index is 0.628. The third-order valence-corrected chi connectivity index (χ3v) is 3.57. The molecule has 1 aliphatic heterocycles. The summed E-state index contributed by atoms with van der Waals surface area (Å²) in [6.07, 6.45) is 4.66. The lowest BCUT2D eigenvalue weighted by molar-refractivity contribution is 0.412. The maximum atomic E-state index is 5.81. The second-order valence-electron chi connectivity index (χ2n) is 5.92. The van der Waals surface area contributed by atoms with Crippen molar-refractivity contribution in [3.63, 3.8) is 0 Å². The van der Waals surface area contributed by atoms with E-state index in [9.17, 15) is 0 Å². The molecular formula is C14H26N4. The van der Waals surface area contributed by atoms with Crippen molar-refractivity contribution in [1.82, 2.24) is 9.55 Å². The Morgan fingerprint density at radius 2 is 2.28 bits per heavy atom. The first-order valence-corrected chi connectivity index (χ1v) is 7.09. The number of aryl methyl sites for hydroxylation is 1. The molecule has 1 saturated heterocycles. The lowest BCUT2D eigenvalue weighted by atomic mass is 9.99. The Balaban J connectivity index is 2.15. The molecule has 1 aliphatic rings. The Bertz CT molecular complexity index is 383. The van der Waals surface area contributed by atoms with Crippen molar-refractivity contribution in [2.24, 2.45) is 17.6 Å². The first-order valence-electron chi connectivity index (χ1n) is 7.09. The van der Waals surface area contributed by atoms with Gasteiger partial charge in [-0.25, -0.2) is 4.98 Å². The Hall–Kier alpha value is -1.03. The van der Waals surface area contributed by atoms with Crippen molar-refractivity contribution in [3.8, 4) is 0 Å². The van der Waals surface area contributed by atoms with Crippen molar-refractivity contribution in [2.45, 2.75) is 40.2 Å². The van der Waals surface area contributed by atoms with Crippen molar-refractivity contribution in [3.05, 3.63) is 11.9 Å². The number of piperidine rings is 1. The summed E-state index contributed by atoms with van der Waals surface area (Å²) >= 11 is 0. The van der Waals surface area contributed by atoms with E-state index in [4.69, 9.17) is 10.7 Å². The van der Waals surface area contributed by atoms with E-state index in [1.54, 1.807) is 0 Å². The minimum Gasteiger partial charge on any atom is -0.342 e. The topological polar surface area (TPSA) is 47.1 Å². The highest BCUT2D eigenvalue weighted by molar-refractivity contribution is 5.34. The van der Waals surface area contributed by atoms with Gasteiger partial charge in [-0.2, -0.15) is 0 Å². The Morgan fingerprint density at radius 1 is 1.50 bits per heavy atom. The van der Waals surface area contributed by atoms with Crippen LogP contribution in [0.5, 0.6) is 0 Å². The molecule has 0 radical (unpaired) electrons. The summed E-state index contributed by atoms with van der Waals surface area (Å²) in [6, 6.07) is 0. The highest BCUT2D eigenvalue weighted by Crippen LogP contribution is 2.23. The molecule has 4 nitrogen and oxygen atoms in total. The molecule has 0 amide bonds. The van der Waals surface area contributed by atoms with Gasteiger partial charge in [0.2, 0.25) is 5.95 Å². The van der Waals surface area contributed by atoms with Crippen molar-refractivity contribution >= 4 is 5.95 Å². The monoisotopic (exact) mass is 250 g/mol. The molecule has 1 unspecified atom stereocenters. The van der Waals surface area contributed by atoms with E-state index < -0.39 is 0 Å². The van der Waals surface area contributed by atoms with E-state index >= 15 is 0 Å². The van der Waals surface area contributed by atoms with Crippen LogP contribution < -0.4 is 10.6 Å². The van der Waals surface area contributed by atoms with Crippen LogP contribution in [0.2, 0.25) is 0 Å². The molecule has 0 saturated carbocycles. The van der Waals surface area contributed by atoms with Crippen LogP contribution in [0.1, 0.15) is 32.4 Å². The van der Waals surface area contributed by atoms with Crippen LogP contribution in [0.4, 0.5) is 5.95 Å². The zero-order chi connectivity index (χ0) is 13.1. The number of hydrogen-bond donors (Lipinski definition) is 1. The van der Waals surface area contributed by atoms with Gasteiger partial charge >= 0.3 is 0 Å². The Labute approximate surface area is 110 Å². The molecule has 1 atom stereocenters. The zero-order valence-electron chi connectivity index (χ0n) is 11.9. The third-order valence-electron chi connectivity index (χ3n) is 3.57. The molecule has 0 bridgehead atoms. The number of hydrogen-bond acceptors (Lipinski definition) is 3. The normalized spacial score (nSPS) is 20.7. The summed E-state index contributed by atoms with van der Waals surface area (Å²) in [6.45, 7) is 10.6. The van der Waals surface area contributed by atoms with Crippen molar-refractivity contribution in [1.29, 1.82) is 0 Å². The smallest absolute Gasteiger partial charge is 0.205 e. The Morgan fingerprint density at radius 3 is 2.94 bits per heavy atom. The molecule has 4 heteroatoms. The average Bonchev–Trinajstić information content (AvgIpc) is 2.69. The van der Waals surface area contributed by atoms with Gasteiger partial charge in [0.25, 0.3) is 0 Å². The summed E-state index contributed by atoms with van der Waals surface area (Å²) in [5, 5.41) is 0. The maximum Gasteiger partial charge on any atom is 0.205 e. The number of rotatable bonds is 4. The van der Waals surface area contributed by atoms with Crippen LogP contribution in [0.25, 0.3) is 0 Å². The highest BCUT2D eigenvalue weighted by Gasteiger charge is 2.22. The molecule has 2 rings (SSSR count). The molecular weight excluding hydrogens is 224 g/mol. The van der Waals surface area contributed by atoms with E-state index in [2.05, 4.69) is 36.4 Å². The maximum absolute atomic E-state index is 5.81. The predicted molar refractivity (Wildman–Crippen MR) is 75.8 cm³/mol. The second kappa shape index (κ2) is 5.74. The molecule has 102 valence electrons. The van der Waals surface area contributed by atoms with E-state index in [0.29, 0.717) is 11.8 Å². The fraction of sp³-hybridized carbons (Fsp3) is 0.786. The standard InChI is InChI=1S/C14H26N4/c1-11(2)8-18-9-12(3)16-14(18)17-6-4-5-13(7-15)10-17/h9,11,13H,4-8,10,15H2,1-3H3. The van der Waals surface area contributed by atoms with Gasteiger partial charge in [-0.3, -0.25) is 0 Å². The van der Waals surface area contributed by atoms with Gasteiger partial charge in [0.05, 0.1) is 5.69 Å². The molecule has 1 aromatic heterocycles. The predicted octanol–water partition coefficient (Wildman–Crippen LogP) is 2.02. The van der Waals surface area contributed by atoms with Gasteiger partial charge in [0.15, 0.2) is 0 Å². The van der Waals surface area contributed by atoms with E-state index in [1.807, 2.05) is 0 Å². The van der Waals surface area contributed by atoms with Crippen LogP contribution in [0, 0.1) is 18.8 Å². The first-order chi connectivity index (χ1) is 8.60. The van der Waals surface area contributed by atoms with Gasteiger partial charge in [0, 0.05) is 25.8 Å². The largest absolute Gasteiger partial charge is 0.342 e. The average molecular weight is 250 g/mol. The summed E-state index contributed by atoms with van der Waals surface area (Å²) in [5.41, 5.74) is 6.93. The molecule has 0 spiro atoms. The van der Waals surface area contributed by atoms with Crippen LogP contribution >= 0.6 is 0 Å². The second-order valence-corrected chi connectivity index (χ2v) is 5.92. The molecule has 1 fully saturated rings. The molecule has 1 aromatic rings. The summed E-state index contributed by atoms with van der Waals surface area (Å²) in [7, 11) is 0.